The van der Waals surface area contributed by atoms with Gasteiger partial charge >= 0.3 is 5.97 Å². The summed E-state index contributed by atoms with van der Waals surface area (Å²) in [6, 6.07) is 0. The molecule has 0 aromatic carbocycles. The fourth-order valence-electron chi connectivity index (χ4n) is 3.06. The van der Waals surface area contributed by atoms with Crippen LogP contribution in [0.5, 0.6) is 0 Å². The lowest BCUT2D eigenvalue weighted by molar-refractivity contribution is -0.166. The number of hydrogen-bond donors (Lipinski definition) is 2. The van der Waals surface area contributed by atoms with E-state index in [4.69, 9.17) is 5.11 Å². The van der Waals surface area contributed by atoms with Gasteiger partial charge < -0.3 is 10.2 Å². The predicted molar refractivity (Wildman–Crippen MR) is 65.1 cm³/mol. The number of carboxylic acids is 1. The van der Waals surface area contributed by atoms with Gasteiger partial charge in [0.2, 0.25) is 11.8 Å². The van der Waals surface area contributed by atoms with Crippen molar-refractivity contribution in [2.45, 2.75) is 51.0 Å². The topological polar surface area (TPSA) is 94.9 Å². The molecule has 1 saturated carbocycles. The van der Waals surface area contributed by atoms with E-state index in [1.54, 1.807) is 0 Å². The molecule has 2 rings (SSSR count). The number of aliphatic carboxylic acids is 1. The number of rotatable bonds is 3. The molecule has 1 saturated heterocycles. The third-order valence-corrected chi connectivity index (χ3v) is 4.25. The Hall–Kier alpha value is -1.43. The highest BCUT2D eigenvalue weighted by Crippen LogP contribution is 2.47. The van der Waals surface area contributed by atoms with Gasteiger partial charge in [-0.3, -0.25) is 14.5 Å². The van der Waals surface area contributed by atoms with E-state index in [2.05, 4.69) is 0 Å². The molecule has 6 nitrogen and oxygen atoms in total. The Morgan fingerprint density at radius 2 is 1.74 bits per heavy atom. The molecule has 2 fully saturated rings. The van der Waals surface area contributed by atoms with Gasteiger partial charge in [-0.25, -0.2) is 4.79 Å². The maximum absolute atomic E-state index is 12.1. The molecule has 1 heterocycles. The summed E-state index contributed by atoms with van der Waals surface area (Å²) >= 11 is 0. The summed E-state index contributed by atoms with van der Waals surface area (Å²) in [6.07, 6.45) is 4.41. The molecule has 1 unspecified atom stereocenters. The van der Waals surface area contributed by atoms with Crippen molar-refractivity contribution in [3.05, 3.63) is 0 Å². The SMILES string of the molecule is CC(O)(CN1C(=O)CC2(CCCC2)CC1=O)C(=O)O. The van der Waals surface area contributed by atoms with Gasteiger partial charge in [-0.1, -0.05) is 12.8 Å². The smallest absolute Gasteiger partial charge is 0.337 e. The Morgan fingerprint density at radius 1 is 1.26 bits per heavy atom. The Kier molecular flexibility index (Phi) is 3.38. The molecule has 1 atom stereocenters. The zero-order chi connectivity index (χ0) is 14.3. The van der Waals surface area contributed by atoms with Gasteiger partial charge in [0.05, 0.1) is 6.54 Å². The van der Waals surface area contributed by atoms with Crippen LogP contribution in [-0.4, -0.2) is 45.0 Å². The van der Waals surface area contributed by atoms with Gasteiger partial charge in [-0.2, -0.15) is 0 Å². The van der Waals surface area contributed by atoms with Crippen LogP contribution in [0.25, 0.3) is 0 Å². The number of amides is 2. The van der Waals surface area contributed by atoms with Crippen molar-refractivity contribution in [3.8, 4) is 0 Å². The van der Waals surface area contributed by atoms with Crippen LogP contribution in [-0.2, 0) is 14.4 Å². The zero-order valence-corrected chi connectivity index (χ0v) is 11.0. The van der Waals surface area contributed by atoms with Crippen LogP contribution in [0, 0.1) is 5.41 Å². The average molecular weight is 269 g/mol. The number of piperidine rings is 1. The fraction of sp³-hybridized carbons (Fsp3) is 0.769. The second-order valence-corrected chi connectivity index (χ2v) is 6.01. The molecule has 1 aliphatic carbocycles. The van der Waals surface area contributed by atoms with Crippen molar-refractivity contribution < 1.29 is 24.6 Å². The van der Waals surface area contributed by atoms with E-state index in [1.807, 2.05) is 0 Å². The first-order valence-corrected chi connectivity index (χ1v) is 6.55. The normalized spacial score (nSPS) is 25.7. The summed E-state index contributed by atoms with van der Waals surface area (Å²) < 4.78 is 0. The third-order valence-electron chi connectivity index (χ3n) is 4.25. The molecule has 2 N–H and O–H groups in total. The quantitative estimate of drug-likeness (QED) is 0.729. The maximum Gasteiger partial charge on any atom is 0.337 e. The van der Waals surface area contributed by atoms with E-state index < -0.39 is 18.1 Å². The van der Waals surface area contributed by atoms with Gasteiger partial charge in [-0.15, -0.1) is 0 Å². The highest BCUT2D eigenvalue weighted by Gasteiger charge is 2.47. The van der Waals surface area contributed by atoms with E-state index in [1.165, 1.54) is 0 Å². The van der Waals surface area contributed by atoms with Crippen LogP contribution >= 0.6 is 0 Å². The lowest BCUT2D eigenvalue weighted by atomic mass is 9.76. The number of aliphatic hydroxyl groups is 1. The highest BCUT2D eigenvalue weighted by molar-refractivity contribution is 5.99. The van der Waals surface area contributed by atoms with Gasteiger partial charge in [0.15, 0.2) is 5.60 Å². The molecule has 106 valence electrons. The van der Waals surface area contributed by atoms with Crippen LogP contribution in [0.2, 0.25) is 0 Å². The van der Waals surface area contributed by atoms with Crippen LogP contribution in [0.3, 0.4) is 0 Å². The molecule has 0 aromatic heterocycles. The fourth-order valence-corrected chi connectivity index (χ4v) is 3.06. The van der Waals surface area contributed by atoms with E-state index in [0.717, 1.165) is 37.5 Å². The van der Waals surface area contributed by atoms with Crippen molar-refractivity contribution in [2.24, 2.45) is 5.41 Å². The minimum absolute atomic E-state index is 0.209. The van der Waals surface area contributed by atoms with Gasteiger partial charge in [-0.05, 0) is 25.2 Å². The third kappa shape index (κ3) is 2.63. The first-order chi connectivity index (χ1) is 8.76. The van der Waals surface area contributed by atoms with Crippen molar-refractivity contribution in [1.82, 2.24) is 4.90 Å². The van der Waals surface area contributed by atoms with Gasteiger partial charge in [0.25, 0.3) is 0 Å². The van der Waals surface area contributed by atoms with Crippen LogP contribution < -0.4 is 0 Å². The maximum atomic E-state index is 12.1. The van der Waals surface area contributed by atoms with Crippen molar-refractivity contribution >= 4 is 17.8 Å². The summed E-state index contributed by atoms with van der Waals surface area (Å²) in [5, 5.41) is 18.5. The second-order valence-electron chi connectivity index (χ2n) is 6.01. The Balaban J connectivity index is 2.10. The molecule has 2 amide bonds. The van der Waals surface area contributed by atoms with E-state index in [0.29, 0.717) is 0 Å². The standard InChI is InChI=1S/C13H19NO5/c1-12(19,11(17)18)8-14-9(15)6-13(7-10(14)16)4-2-3-5-13/h19H,2-8H2,1H3,(H,17,18). The van der Waals surface area contributed by atoms with Crippen molar-refractivity contribution in [2.75, 3.05) is 6.54 Å². The minimum atomic E-state index is -2.09. The summed E-state index contributed by atoms with van der Waals surface area (Å²) in [5.41, 5.74) is -2.30. The first-order valence-electron chi connectivity index (χ1n) is 6.55. The number of imide groups is 1. The van der Waals surface area contributed by atoms with Crippen LogP contribution in [0.15, 0.2) is 0 Å². The monoisotopic (exact) mass is 269 g/mol. The number of nitrogens with zero attached hydrogens (tertiary/aromatic N) is 1. The van der Waals surface area contributed by atoms with Crippen LogP contribution in [0.4, 0.5) is 0 Å². The minimum Gasteiger partial charge on any atom is -0.479 e. The lowest BCUT2D eigenvalue weighted by Gasteiger charge is -2.38. The van der Waals surface area contributed by atoms with E-state index in [-0.39, 0.29) is 30.1 Å². The molecule has 2 aliphatic rings. The molecular formula is C13H19NO5. The Bertz CT molecular complexity index is 403. The predicted octanol–water partition coefficient (Wildman–Crippen LogP) is 0.531. The Morgan fingerprint density at radius 3 is 2.16 bits per heavy atom. The van der Waals surface area contributed by atoms with E-state index in [9.17, 15) is 19.5 Å². The number of carbonyl (C=O) groups is 3. The summed E-state index contributed by atoms with van der Waals surface area (Å²) in [5.74, 6) is -2.16. The number of carbonyl (C=O) groups excluding carboxylic acids is 2. The summed E-state index contributed by atoms with van der Waals surface area (Å²) in [6.45, 7) is 0.617. The van der Waals surface area contributed by atoms with Crippen molar-refractivity contribution in [3.63, 3.8) is 0 Å². The van der Waals surface area contributed by atoms with Crippen molar-refractivity contribution in [1.29, 1.82) is 0 Å². The average Bonchev–Trinajstić information content (AvgIpc) is 2.71. The molecular weight excluding hydrogens is 250 g/mol. The summed E-state index contributed by atoms with van der Waals surface area (Å²) in [4.78, 5) is 35.9. The highest BCUT2D eigenvalue weighted by atomic mass is 16.4. The summed E-state index contributed by atoms with van der Waals surface area (Å²) in [7, 11) is 0. The molecule has 0 aromatic rings. The zero-order valence-electron chi connectivity index (χ0n) is 11.0. The molecule has 1 spiro atoms. The first kappa shape index (κ1) is 14.0. The largest absolute Gasteiger partial charge is 0.479 e. The molecule has 0 bridgehead atoms. The Labute approximate surface area is 111 Å². The number of carboxylic acid groups (broad SMARTS) is 1. The number of hydrogen-bond acceptors (Lipinski definition) is 4. The molecule has 19 heavy (non-hydrogen) atoms. The molecule has 6 heteroatoms. The number of likely N-dealkylation sites (tertiary alicyclic amines) is 1. The van der Waals surface area contributed by atoms with E-state index >= 15 is 0 Å². The van der Waals surface area contributed by atoms with Crippen LogP contribution in [0.1, 0.15) is 45.4 Å². The molecule has 1 aliphatic heterocycles. The van der Waals surface area contributed by atoms with Gasteiger partial charge in [0, 0.05) is 12.8 Å². The molecule has 0 radical (unpaired) electrons. The lowest BCUT2D eigenvalue weighted by Crippen LogP contribution is -2.55. The second kappa shape index (κ2) is 4.59. The van der Waals surface area contributed by atoms with Gasteiger partial charge in [0.1, 0.15) is 0 Å². The number of β-amino-alcohol motifs (C(OH)–C–C–N with tert-alkyl or cyclic N) is 1.